The molecule has 0 saturated carbocycles. The zero-order valence-corrected chi connectivity index (χ0v) is 27.1. The van der Waals surface area contributed by atoms with Crippen LogP contribution in [0.25, 0.3) is 10.8 Å². The van der Waals surface area contributed by atoms with Crippen molar-refractivity contribution in [3.63, 3.8) is 0 Å². The highest BCUT2D eigenvalue weighted by atomic mass is 19.1. The van der Waals surface area contributed by atoms with Crippen LogP contribution in [0.2, 0.25) is 0 Å². The minimum atomic E-state index is -0.795. The zero-order chi connectivity index (χ0) is 33.8. The predicted octanol–water partition coefficient (Wildman–Crippen LogP) is 4.31. The monoisotopic (exact) mass is 653 g/mol. The van der Waals surface area contributed by atoms with Crippen LogP contribution in [0.3, 0.4) is 0 Å². The molecule has 250 valence electrons. The molecule has 2 aliphatic heterocycles. The fourth-order valence-electron chi connectivity index (χ4n) is 6.62. The van der Waals surface area contributed by atoms with Crippen LogP contribution in [-0.4, -0.2) is 87.3 Å². The van der Waals surface area contributed by atoms with E-state index in [1.807, 2.05) is 68.4 Å². The molecule has 4 aromatic carbocycles. The highest BCUT2D eigenvalue weighted by Gasteiger charge is 2.52. The van der Waals surface area contributed by atoms with Crippen molar-refractivity contribution in [2.45, 2.75) is 51.6 Å². The number of urea groups is 1. The summed E-state index contributed by atoms with van der Waals surface area (Å²) >= 11 is 0. The Morgan fingerprint density at radius 1 is 0.979 bits per heavy atom. The van der Waals surface area contributed by atoms with Gasteiger partial charge in [0.25, 0.3) is 0 Å². The number of benzene rings is 4. The quantitative estimate of drug-likeness (QED) is 0.250. The van der Waals surface area contributed by atoms with Gasteiger partial charge in [-0.25, -0.2) is 9.18 Å². The average molecular weight is 654 g/mol. The lowest BCUT2D eigenvalue weighted by Gasteiger charge is -2.47. The maximum atomic E-state index is 14.3. The van der Waals surface area contributed by atoms with Crippen LogP contribution in [0.15, 0.2) is 91.0 Å². The summed E-state index contributed by atoms with van der Waals surface area (Å²) in [7, 11) is 0. The SMILES string of the molecule is CC(C)N(C(=O)NCc1ccc(F)cc1)N1CC(=O)N2[C@@H](Cc3ccc(OCCO)cc3)C(=O)N(Cc3cccc4ccccc34)C[C@@H]21. The van der Waals surface area contributed by atoms with E-state index >= 15 is 0 Å². The maximum Gasteiger partial charge on any atom is 0.332 e. The summed E-state index contributed by atoms with van der Waals surface area (Å²) in [5.74, 6) is -0.152. The van der Waals surface area contributed by atoms with Gasteiger partial charge < -0.3 is 25.0 Å². The third-order valence-electron chi connectivity index (χ3n) is 8.85. The summed E-state index contributed by atoms with van der Waals surface area (Å²) in [6.45, 7) is 4.51. The highest BCUT2D eigenvalue weighted by molar-refractivity contribution is 5.92. The highest BCUT2D eigenvalue weighted by Crippen LogP contribution is 2.32. The third kappa shape index (κ3) is 6.97. The number of piperazine rings is 1. The van der Waals surface area contributed by atoms with Gasteiger partial charge in [0.05, 0.1) is 19.7 Å². The number of amides is 4. The van der Waals surface area contributed by atoms with Crippen molar-refractivity contribution in [1.29, 1.82) is 0 Å². The molecular formula is C37H40FN5O5. The van der Waals surface area contributed by atoms with Crippen molar-refractivity contribution in [2.75, 3.05) is 26.3 Å². The van der Waals surface area contributed by atoms with Crippen molar-refractivity contribution in [3.8, 4) is 5.75 Å². The van der Waals surface area contributed by atoms with Gasteiger partial charge in [0, 0.05) is 25.6 Å². The molecule has 2 heterocycles. The van der Waals surface area contributed by atoms with Crippen molar-refractivity contribution in [3.05, 3.63) is 114 Å². The second kappa shape index (κ2) is 14.4. The summed E-state index contributed by atoms with van der Waals surface area (Å²) in [6, 6.07) is 25.8. The van der Waals surface area contributed by atoms with E-state index in [-0.39, 0.29) is 62.9 Å². The molecule has 0 bridgehead atoms. The van der Waals surface area contributed by atoms with E-state index in [4.69, 9.17) is 9.84 Å². The molecule has 10 nitrogen and oxygen atoms in total. The van der Waals surface area contributed by atoms with E-state index in [1.165, 1.54) is 12.1 Å². The fourth-order valence-corrected chi connectivity index (χ4v) is 6.62. The Hall–Kier alpha value is -5.00. The molecule has 6 rings (SSSR count). The van der Waals surface area contributed by atoms with Gasteiger partial charge in [-0.15, -0.1) is 0 Å². The van der Waals surface area contributed by atoms with E-state index in [1.54, 1.807) is 44.1 Å². The number of hydrazine groups is 1. The lowest BCUT2D eigenvalue weighted by molar-refractivity contribution is -0.158. The number of hydrogen-bond donors (Lipinski definition) is 2. The van der Waals surface area contributed by atoms with Gasteiger partial charge in [-0.1, -0.05) is 66.7 Å². The van der Waals surface area contributed by atoms with E-state index in [0.29, 0.717) is 12.3 Å². The standard InChI is InChI=1S/C37H40FN5O5/c1-25(2)43(37(47)39-21-27-10-14-30(38)15-11-27)41-24-35(45)42-33(20-26-12-16-31(17-13-26)48-19-18-44)36(46)40(23-34(41)42)22-29-8-5-7-28-6-3-4-9-32(28)29/h3-17,25,33-34,44H,18-24H2,1-2H3,(H,39,47)/t33-,34+/m0/s1. The molecule has 2 aliphatic rings. The molecular weight excluding hydrogens is 613 g/mol. The largest absolute Gasteiger partial charge is 0.491 e. The lowest BCUT2D eigenvalue weighted by atomic mass is 9.99. The lowest BCUT2D eigenvalue weighted by Crippen LogP contribution is -2.66. The molecule has 11 heteroatoms. The van der Waals surface area contributed by atoms with Gasteiger partial charge in [0.1, 0.15) is 30.4 Å². The number of rotatable bonds is 11. The van der Waals surface area contributed by atoms with Crippen LogP contribution in [-0.2, 0) is 29.1 Å². The van der Waals surface area contributed by atoms with Crippen LogP contribution >= 0.6 is 0 Å². The molecule has 2 fully saturated rings. The summed E-state index contributed by atoms with van der Waals surface area (Å²) < 4.78 is 19.0. The van der Waals surface area contributed by atoms with Gasteiger partial charge in [0.15, 0.2) is 0 Å². The normalized spacial score (nSPS) is 18.0. The Kier molecular flexibility index (Phi) is 9.88. The number of carbonyl (C=O) groups is 3. The zero-order valence-electron chi connectivity index (χ0n) is 27.1. The second-order valence-electron chi connectivity index (χ2n) is 12.4. The van der Waals surface area contributed by atoms with Gasteiger partial charge in [0.2, 0.25) is 11.8 Å². The minimum Gasteiger partial charge on any atom is -0.491 e. The molecule has 2 saturated heterocycles. The predicted molar refractivity (Wildman–Crippen MR) is 179 cm³/mol. The minimum absolute atomic E-state index is 0.0629. The first-order valence-corrected chi connectivity index (χ1v) is 16.2. The number of aliphatic hydroxyl groups is 1. The van der Waals surface area contributed by atoms with Crippen LogP contribution < -0.4 is 10.1 Å². The van der Waals surface area contributed by atoms with Gasteiger partial charge in [-0.05, 0) is 65.6 Å². The van der Waals surface area contributed by atoms with E-state index < -0.39 is 18.2 Å². The van der Waals surface area contributed by atoms with Crippen LogP contribution in [0.5, 0.6) is 5.75 Å². The topological polar surface area (TPSA) is 106 Å². The first-order chi connectivity index (χ1) is 23.2. The summed E-state index contributed by atoms with van der Waals surface area (Å²) in [5.41, 5.74) is 2.58. The molecule has 2 N–H and O–H groups in total. The Morgan fingerprint density at radius 3 is 2.42 bits per heavy atom. The smallest absolute Gasteiger partial charge is 0.332 e. The van der Waals surface area contributed by atoms with E-state index in [0.717, 1.165) is 27.5 Å². The number of nitrogens with zero attached hydrogens (tertiary/aromatic N) is 4. The van der Waals surface area contributed by atoms with Crippen LogP contribution in [0, 0.1) is 5.82 Å². The van der Waals surface area contributed by atoms with Gasteiger partial charge in [-0.3, -0.25) is 14.6 Å². The molecule has 0 unspecified atom stereocenters. The van der Waals surface area contributed by atoms with Crippen LogP contribution in [0.1, 0.15) is 30.5 Å². The molecule has 0 aromatic heterocycles. The molecule has 4 amide bonds. The van der Waals surface area contributed by atoms with Crippen molar-refractivity contribution >= 4 is 28.6 Å². The average Bonchev–Trinajstić information content (AvgIpc) is 3.40. The second-order valence-corrected chi connectivity index (χ2v) is 12.4. The van der Waals surface area contributed by atoms with E-state index in [2.05, 4.69) is 5.32 Å². The number of carbonyl (C=O) groups excluding carboxylic acids is 3. The Bertz CT molecular complexity index is 1760. The number of aliphatic hydroxyl groups excluding tert-OH is 1. The molecule has 0 spiro atoms. The fraction of sp³-hybridized carbons (Fsp3) is 0.324. The summed E-state index contributed by atoms with van der Waals surface area (Å²) in [6.07, 6.45) is -0.305. The van der Waals surface area contributed by atoms with Gasteiger partial charge in [-0.2, -0.15) is 5.01 Å². The molecule has 4 aromatic rings. The number of nitrogens with one attached hydrogen (secondary N) is 1. The molecule has 48 heavy (non-hydrogen) atoms. The third-order valence-corrected chi connectivity index (χ3v) is 8.85. The van der Waals surface area contributed by atoms with Crippen molar-refractivity contribution in [2.24, 2.45) is 0 Å². The number of halogens is 1. The number of ether oxygens (including phenoxy) is 1. The molecule has 0 aliphatic carbocycles. The number of hydrogen-bond acceptors (Lipinski definition) is 6. The summed E-state index contributed by atoms with van der Waals surface area (Å²) in [5, 5.41) is 17.5. The first-order valence-electron chi connectivity index (χ1n) is 16.2. The Balaban J connectivity index is 1.30. The Morgan fingerprint density at radius 2 is 1.69 bits per heavy atom. The first kappa shape index (κ1) is 32.9. The maximum absolute atomic E-state index is 14.3. The van der Waals surface area contributed by atoms with E-state index in [9.17, 15) is 18.8 Å². The van der Waals surface area contributed by atoms with Crippen molar-refractivity contribution < 1.29 is 28.6 Å². The van der Waals surface area contributed by atoms with Crippen LogP contribution in [0.4, 0.5) is 9.18 Å². The summed E-state index contributed by atoms with van der Waals surface area (Å²) in [4.78, 5) is 45.3. The molecule has 0 radical (unpaired) electrons. The van der Waals surface area contributed by atoms with Gasteiger partial charge >= 0.3 is 6.03 Å². The Labute approximate surface area is 279 Å². The molecule has 2 atom stereocenters. The number of fused-ring (bicyclic) bond motifs is 2. The van der Waals surface area contributed by atoms with Crippen molar-refractivity contribution in [1.82, 2.24) is 25.1 Å².